The quantitative estimate of drug-likeness (QED) is 0.623. The van der Waals surface area contributed by atoms with Crippen LogP contribution in [0.3, 0.4) is 0 Å². The van der Waals surface area contributed by atoms with Gasteiger partial charge in [-0.25, -0.2) is 0 Å². The Morgan fingerprint density at radius 3 is 2.71 bits per heavy atom. The van der Waals surface area contributed by atoms with E-state index in [0.29, 0.717) is 0 Å². The maximum atomic E-state index is 12.2. The molecule has 2 aromatic rings. The molecule has 2 rings (SSSR count). The number of phenols is 1. The van der Waals surface area contributed by atoms with Crippen LogP contribution in [0.25, 0.3) is 0 Å². The third-order valence-electron chi connectivity index (χ3n) is 3.03. The van der Waals surface area contributed by atoms with Gasteiger partial charge in [0.1, 0.15) is 11.5 Å². The summed E-state index contributed by atoms with van der Waals surface area (Å²) < 4.78 is 28.5. The van der Waals surface area contributed by atoms with Crippen LogP contribution in [0.5, 0.6) is 11.5 Å². The molecule has 0 aliphatic carbocycles. The third-order valence-corrected chi connectivity index (χ3v) is 3.03. The Morgan fingerprint density at radius 1 is 1.29 bits per heavy atom. The molecule has 0 aliphatic rings. The van der Waals surface area contributed by atoms with E-state index in [1.165, 1.54) is 18.2 Å². The van der Waals surface area contributed by atoms with E-state index in [4.69, 9.17) is 0 Å². The molecule has 0 radical (unpaired) electrons. The van der Waals surface area contributed by atoms with E-state index in [0.717, 1.165) is 24.3 Å². The topological polar surface area (TPSA) is 102 Å². The number of carbonyl (C=O) groups is 1. The number of hydrogen-bond acceptors (Lipinski definition) is 5. The smallest absolute Gasteiger partial charge is 0.387 e. The van der Waals surface area contributed by atoms with E-state index in [-0.39, 0.29) is 34.9 Å². The fourth-order valence-corrected chi connectivity index (χ4v) is 1.92. The van der Waals surface area contributed by atoms with E-state index >= 15 is 0 Å². The summed E-state index contributed by atoms with van der Waals surface area (Å²) in [6.45, 7) is -3.18. The van der Waals surface area contributed by atoms with Crippen molar-refractivity contribution >= 4 is 11.6 Å². The van der Waals surface area contributed by atoms with Gasteiger partial charge in [-0.05, 0) is 24.3 Å². The van der Waals surface area contributed by atoms with E-state index < -0.39 is 17.4 Å². The Balaban J connectivity index is 2.08. The van der Waals surface area contributed by atoms with Gasteiger partial charge in [-0.3, -0.25) is 14.9 Å². The van der Waals surface area contributed by atoms with Crippen molar-refractivity contribution in [3.05, 3.63) is 63.7 Å². The van der Waals surface area contributed by atoms with Crippen LogP contribution in [0.4, 0.5) is 14.5 Å². The molecule has 0 atom stereocenters. The SMILES string of the molecule is O=C(NCc1cc([N+](=O)[O-])ccc1O)c1cccc(OC(F)F)c1. The molecule has 7 nitrogen and oxygen atoms in total. The predicted octanol–water partition coefficient (Wildman–Crippen LogP) is 2.83. The molecular formula is C15H12F2N2O5. The van der Waals surface area contributed by atoms with Crippen molar-refractivity contribution in [3.63, 3.8) is 0 Å². The minimum Gasteiger partial charge on any atom is -0.508 e. The average molecular weight is 338 g/mol. The van der Waals surface area contributed by atoms with Gasteiger partial charge >= 0.3 is 6.61 Å². The second-order valence-corrected chi connectivity index (χ2v) is 4.66. The highest BCUT2D eigenvalue weighted by Crippen LogP contribution is 2.23. The molecule has 1 amide bonds. The summed E-state index contributed by atoms with van der Waals surface area (Å²) in [4.78, 5) is 22.1. The standard InChI is InChI=1S/C15H12F2N2O5/c16-15(17)24-12-3-1-2-9(7-12)14(21)18-8-10-6-11(19(22)23)4-5-13(10)20/h1-7,15,20H,8H2,(H,18,21). The number of phenolic OH excluding ortho intramolecular Hbond substituents is 1. The van der Waals surface area contributed by atoms with Gasteiger partial charge in [0.05, 0.1) is 4.92 Å². The Bertz CT molecular complexity index is 767. The molecule has 0 bridgehead atoms. The van der Waals surface area contributed by atoms with E-state index in [9.17, 15) is 28.8 Å². The number of ether oxygens (including phenoxy) is 1. The van der Waals surface area contributed by atoms with Gasteiger partial charge in [0, 0.05) is 29.8 Å². The third kappa shape index (κ3) is 4.38. The van der Waals surface area contributed by atoms with Crippen LogP contribution >= 0.6 is 0 Å². The highest BCUT2D eigenvalue weighted by molar-refractivity contribution is 5.94. The number of rotatable bonds is 6. The van der Waals surface area contributed by atoms with Gasteiger partial charge in [0.25, 0.3) is 11.6 Å². The molecule has 0 spiro atoms. The zero-order valence-corrected chi connectivity index (χ0v) is 12.1. The number of amides is 1. The fourth-order valence-electron chi connectivity index (χ4n) is 1.92. The largest absolute Gasteiger partial charge is 0.508 e. The fraction of sp³-hybridized carbons (Fsp3) is 0.133. The number of non-ortho nitro benzene ring substituents is 1. The van der Waals surface area contributed by atoms with Crippen molar-refractivity contribution in [2.75, 3.05) is 0 Å². The number of nitro groups is 1. The predicted molar refractivity (Wildman–Crippen MR) is 79.0 cm³/mol. The molecule has 126 valence electrons. The second kappa shape index (κ2) is 7.36. The average Bonchev–Trinajstić information content (AvgIpc) is 2.53. The summed E-state index contributed by atoms with van der Waals surface area (Å²) in [5.74, 6) is -0.993. The van der Waals surface area contributed by atoms with Gasteiger partial charge in [-0.15, -0.1) is 0 Å². The number of carbonyl (C=O) groups excluding carboxylic acids is 1. The first-order valence-electron chi connectivity index (χ1n) is 6.66. The Hall–Kier alpha value is -3.23. The van der Waals surface area contributed by atoms with E-state index in [1.54, 1.807) is 0 Å². The number of hydrogen-bond donors (Lipinski definition) is 2. The van der Waals surface area contributed by atoms with Gasteiger partial charge in [-0.1, -0.05) is 6.07 Å². The lowest BCUT2D eigenvalue weighted by Gasteiger charge is -2.09. The zero-order chi connectivity index (χ0) is 17.7. The maximum Gasteiger partial charge on any atom is 0.387 e. The second-order valence-electron chi connectivity index (χ2n) is 4.66. The van der Waals surface area contributed by atoms with Gasteiger partial charge in [-0.2, -0.15) is 8.78 Å². The van der Waals surface area contributed by atoms with Crippen LogP contribution in [0, 0.1) is 10.1 Å². The summed E-state index contributed by atoms with van der Waals surface area (Å²) >= 11 is 0. The lowest BCUT2D eigenvalue weighted by atomic mass is 10.1. The normalized spacial score (nSPS) is 10.5. The molecule has 0 aromatic heterocycles. The molecule has 0 heterocycles. The number of alkyl halides is 2. The maximum absolute atomic E-state index is 12.2. The molecule has 0 saturated heterocycles. The Labute approximate surface area is 134 Å². The zero-order valence-electron chi connectivity index (χ0n) is 12.1. The van der Waals surface area contributed by atoms with Crippen molar-refractivity contribution in [2.24, 2.45) is 0 Å². The van der Waals surface area contributed by atoms with Crippen molar-refractivity contribution < 1.29 is 28.3 Å². The molecule has 0 aliphatic heterocycles. The molecule has 9 heteroatoms. The molecular weight excluding hydrogens is 326 g/mol. The van der Waals surface area contributed by atoms with Crippen LogP contribution < -0.4 is 10.1 Å². The van der Waals surface area contributed by atoms with Crippen LogP contribution in [-0.2, 0) is 6.54 Å². The first kappa shape index (κ1) is 17.1. The van der Waals surface area contributed by atoms with Crippen LogP contribution in [-0.4, -0.2) is 22.5 Å². The summed E-state index contributed by atoms with van der Waals surface area (Å²) in [5.41, 5.74) is -0.0139. The molecule has 0 fully saturated rings. The van der Waals surface area contributed by atoms with Crippen molar-refractivity contribution in [1.82, 2.24) is 5.32 Å². The highest BCUT2D eigenvalue weighted by atomic mass is 19.3. The minimum absolute atomic E-state index is 0.0677. The summed E-state index contributed by atoms with van der Waals surface area (Å²) in [6.07, 6.45) is 0. The van der Waals surface area contributed by atoms with Crippen LogP contribution in [0.15, 0.2) is 42.5 Å². The molecule has 0 unspecified atom stereocenters. The number of aromatic hydroxyl groups is 1. The monoisotopic (exact) mass is 338 g/mol. The number of nitro benzene ring substituents is 1. The summed E-state index contributed by atoms with van der Waals surface area (Å²) in [5, 5.41) is 22.8. The summed E-state index contributed by atoms with van der Waals surface area (Å²) in [6, 6.07) is 8.58. The van der Waals surface area contributed by atoms with Crippen LogP contribution in [0.1, 0.15) is 15.9 Å². The first-order chi connectivity index (χ1) is 11.4. The lowest BCUT2D eigenvalue weighted by molar-refractivity contribution is -0.384. The minimum atomic E-state index is -3.01. The number of benzene rings is 2. The number of nitrogens with one attached hydrogen (secondary N) is 1. The highest BCUT2D eigenvalue weighted by Gasteiger charge is 2.13. The Kier molecular flexibility index (Phi) is 5.25. The van der Waals surface area contributed by atoms with Gasteiger partial charge in [0.2, 0.25) is 0 Å². The van der Waals surface area contributed by atoms with E-state index in [1.807, 2.05) is 0 Å². The molecule has 0 saturated carbocycles. The number of halogens is 2. The van der Waals surface area contributed by atoms with Crippen LogP contribution in [0.2, 0.25) is 0 Å². The molecule has 2 N–H and O–H groups in total. The lowest BCUT2D eigenvalue weighted by Crippen LogP contribution is -2.23. The van der Waals surface area contributed by atoms with E-state index in [2.05, 4.69) is 10.1 Å². The van der Waals surface area contributed by atoms with Crippen molar-refractivity contribution in [2.45, 2.75) is 13.2 Å². The Morgan fingerprint density at radius 2 is 2.04 bits per heavy atom. The summed E-state index contributed by atoms with van der Waals surface area (Å²) in [7, 11) is 0. The number of nitrogens with zero attached hydrogens (tertiary/aromatic N) is 1. The molecule has 24 heavy (non-hydrogen) atoms. The van der Waals surface area contributed by atoms with Gasteiger partial charge < -0.3 is 15.2 Å². The first-order valence-corrected chi connectivity index (χ1v) is 6.66. The van der Waals surface area contributed by atoms with Gasteiger partial charge in [0.15, 0.2) is 0 Å². The molecule has 2 aromatic carbocycles. The van der Waals surface area contributed by atoms with Crippen molar-refractivity contribution in [1.29, 1.82) is 0 Å². The van der Waals surface area contributed by atoms with Crippen molar-refractivity contribution in [3.8, 4) is 11.5 Å².